The number of aliphatic hydroxyl groups is 2. The number of aliphatic hydroxyl groups excluding tert-OH is 2. The highest BCUT2D eigenvalue weighted by Gasteiger charge is 2.34. The van der Waals surface area contributed by atoms with Crippen molar-refractivity contribution in [3.05, 3.63) is 63.7 Å². The molecule has 4 rings (SSSR count). The molecule has 1 fully saturated rings. The number of hydrogen-bond acceptors (Lipinski definition) is 4. The first-order valence-corrected chi connectivity index (χ1v) is 10.5. The first-order valence-electron chi connectivity index (χ1n) is 10.5. The minimum Gasteiger partial charge on any atom is -0.496 e. The second-order valence-electron chi connectivity index (χ2n) is 9.30. The average Bonchev–Trinajstić information content (AvgIpc) is 2.69. The highest BCUT2D eigenvalue weighted by molar-refractivity contribution is 6.41. The number of benzene rings is 2. The summed E-state index contributed by atoms with van der Waals surface area (Å²) in [5.41, 5.74) is 7.62. The van der Waals surface area contributed by atoms with Crippen molar-refractivity contribution < 1.29 is 19.7 Å². The Kier molecular flexibility index (Phi) is 5.54. The molecule has 3 atom stereocenters. The van der Waals surface area contributed by atoms with Crippen molar-refractivity contribution in [2.24, 2.45) is 0 Å². The van der Waals surface area contributed by atoms with Crippen LogP contribution in [0.1, 0.15) is 52.3 Å². The molecule has 2 aliphatic rings. The van der Waals surface area contributed by atoms with E-state index in [9.17, 15) is 10.2 Å². The molecule has 3 unspecified atom stereocenters. The van der Waals surface area contributed by atoms with Gasteiger partial charge in [0.2, 0.25) is 0 Å². The van der Waals surface area contributed by atoms with Crippen LogP contribution in [0.2, 0.25) is 0 Å². The molecule has 4 nitrogen and oxygen atoms in total. The standard InChI is InChI=1S/C23H30B2O4/c1-13-5-21(28-2)19(22-10-17(27)9-18(12-26)29-22)8-16(13)6-14-3-4-15-11-23(24,25)20(15)7-14/h3-5,7-8,17-18,22,26-27H,6,9-12,24-25H2,1-2H3. The van der Waals surface area contributed by atoms with Crippen molar-refractivity contribution in [2.75, 3.05) is 13.7 Å². The van der Waals surface area contributed by atoms with Gasteiger partial charge >= 0.3 is 0 Å². The molecule has 0 bridgehead atoms. The monoisotopic (exact) mass is 392 g/mol. The zero-order chi connectivity index (χ0) is 20.8. The van der Waals surface area contributed by atoms with E-state index in [4.69, 9.17) is 9.47 Å². The van der Waals surface area contributed by atoms with Gasteiger partial charge in [0.15, 0.2) is 0 Å². The van der Waals surface area contributed by atoms with E-state index in [1.165, 1.54) is 27.8 Å². The summed E-state index contributed by atoms with van der Waals surface area (Å²) in [6.07, 6.45) is 1.90. The molecule has 0 aromatic heterocycles. The lowest BCUT2D eigenvalue weighted by atomic mass is 9.42. The van der Waals surface area contributed by atoms with E-state index in [1.54, 1.807) is 7.11 Å². The van der Waals surface area contributed by atoms with Crippen molar-refractivity contribution in [3.8, 4) is 5.75 Å². The lowest BCUT2D eigenvalue weighted by Gasteiger charge is -2.39. The highest BCUT2D eigenvalue weighted by atomic mass is 16.5. The van der Waals surface area contributed by atoms with Gasteiger partial charge in [0.25, 0.3) is 0 Å². The summed E-state index contributed by atoms with van der Waals surface area (Å²) >= 11 is 0. The van der Waals surface area contributed by atoms with Crippen LogP contribution in [0.3, 0.4) is 0 Å². The van der Waals surface area contributed by atoms with E-state index in [0.717, 1.165) is 24.2 Å². The maximum Gasteiger partial charge on any atom is 0.124 e. The van der Waals surface area contributed by atoms with Gasteiger partial charge in [-0.1, -0.05) is 29.0 Å². The Labute approximate surface area is 175 Å². The molecular formula is C23H30B2O4. The summed E-state index contributed by atoms with van der Waals surface area (Å²) in [6.45, 7) is 2.03. The van der Waals surface area contributed by atoms with E-state index in [1.807, 2.05) is 0 Å². The van der Waals surface area contributed by atoms with Gasteiger partial charge in [0.1, 0.15) is 21.4 Å². The Morgan fingerprint density at radius 2 is 2.00 bits per heavy atom. The number of fused-ring (bicyclic) bond motifs is 1. The molecule has 2 aromatic rings. The Hall–Kier alpha value is -1.75. The Morgan fingerprint density at radius 3 is 2.69 bits per heavy atom. The van der Waals surface area contributed by atoms with E-state index >= 15 is 0 Å². The van der Waals surface area contributed by atoms with Crippen LogP contribution in [0.5, 0.6) is 5.75 Å². The van der Waals surface area contributed by atoms with Crippen LogP contribution < -0.4 is 4.74 Å². The molecule has 0 saturated carbocycles. The van der Waals surface area contributed by atoms with E-state index in [0.29, 0.717) is 12.8 Å². The fraction of sp³-hybridized carbons (Fsp3) is 0.478. The minimum atomic E-state index is -0.476. The molecule has 1 aliphatic heterocycles. The molecule has 6 heteroatoms. The average molecular weight is 392 g/mol. The first-order chi connectivity index (χ1) is 13.8. The lowest BCUT2D eigenvalue weighted by molar-refractivity contribution is -0.114. The van der Waals surface area contributed by atoms with Crippen molar-refractivity contribution >= 4 is 15.7 Å². The summed E-state index contributed by atoms with van der Waals surface area (Å²) in [4.78, 5) is 0. The molecule has 152 valence electrons. The largest absolute Gasteiger partial charge is 0.496 e. The smallest absolute Gasteiger partial charge is 0.124 e. The maximum absolute atomic E-state index is 10.2. The van der Waals surface area contributed by atoms with Crippen molar-refractivity contribution in [2.45, 2.75) is 56.1 Å². The molecular weight excluding hydrogens is 362 g/mol. The number of hydrogen-bond donors (Lipinski definition) is 2. The predicted molar refractivity (Wildman–Crippen MR) is 119 cm³/mol. The van der Waals surface area contributed by atoms with Crippen molar-refractivity contribution in [1.82, 2.24) is 0 Å². The molecule has 2 N–H and O–H groups in total. The zero-order valence-corrected chi connectivity index (χ0v) is 17.9. The van der Waals surface area contributed by atoms with Crippen LogP contribution in [0.25, 0.3) is 0 Å². The number of rotatable bonds is 5. The fourth-order valence-electron chi connectivity index (χ4n) is 4.87. The van der Waals surface area contributed by atoms with E-state index < -0.39 is 6.10 Å². The second-order valence-corrected chi connectivity index (χ2v) is 9.30. The Bertz CT molecular complexity index is 912. The normalized spacial score (nSPS) is 25.2. The molecule has 0 radical (unpaired) electrons. The van der Waals surface area contributed by atoms with Crippen LogP contribution in [0.4, 0.5) is 0 Å². The number of methoxy groups -OCH3 is 1. The minimum absolute atomic E-state index is 0.0838. The third-order valence-corrected chi connectivity index (χ3v) is 6.55. The SMILES string of the molecule is BC1(B)Cc2ccc(Cc3cc(C4CC(O)CC(CO)O4)c(OC)cc3C)cc21. The number of aryl methyl sites for hydroxylation is 1. The first kappa shape index (κ1) is 20.5. The maximum atomic E-state index is 10.2. The third-order valence-electron chi connectivity index (χ3n) is 6.55. The fourth-order valence-corrected chi connectivity index (χ4v) is 4.87. The summed E-state index contributed by atoms with van der Waals surface area (Å²) in [5, 5.41) is 20.0. The highest BCUT2D eigenvalue weighted by Crippen LogP contribution is 2.39. The molecule has 0 amide bonds. The van der Waals surface area contributed by atoms with Gasteiger partial charge in [0.05, 0.1) is 32.0 Å². The summed E-state index contributed by atoms with van der Waals surface area (Å²) < 4.78 is 11.7. The summed E-state index contributed by atoms with van der Waals surface area (Å²) in [7, 11) is 6.28. The predicted octanol–water partition coefficient (Wildman–Crippen LogP) is 1.14. The lowest BCUT2D eigenvalue weighted by Crippen LogP contribution is -2.39. The van der Waals surface area contributed by atoms with Crippen LogP contribution in [-0.2, 0) is 22.8 Å². The van der Waals surface area contributed by atoms with Gasteiger partial charge < -0.3 is 19.7 Å². The van der Waals surface area contributed by atoms with Gasteiger partial charge in [-0.25, -0.2) is 0 Å². The van der Waals surface area contributed by atoms with Crippen molar-refractivity contribution in [1.29, 1.82) is 0 Å². The molecule has 1 saturated heterocycles. The molecule has 1 heterocycles. The van der Waals surface area contributed by atoms with E-state index in [2.05, 4.69) is 52.9 Å². The molecule has 0 spiro atoms. The quantitative estimate of drug-likeness (QED) is 0.750. The topological polar surface area (TPSA) is 58.9 Å². The van der Waals surface area contributed by atoms with Crippen LogP contribution in [0.15, 0.2) is 30.3 Å². The van der Waals surface area contributed by atoms with Gasteiger partial charge in [-0.3, -0.25) is 0 Å². The van der Waals surface area contributed by atoms with Gasteiger partial charge in [-0.05, 0) is 54.2 Å². The summed E-state index contributed by atoms with van der Waals surface area (Å²) in [5.74, 6) is 0.778. The molecule has 1 aliphatic carbocycles. The van der Waals surface area contributed by atoms with Gasteiger partial charge in [0, 0.05) is 18.4 Å². The summed E-state index contributed by atoms with van der Waals surface area (Å²) in [6, 6.07) is 11.1. The van der Waals surface area contributed by atoms with E-state index in [-0.39, 0.29) is 24.0 Å². The van der Waals surface area contributed by atoms with Gasteiger partial charge in [-0.2, -0.15) is 0 Å². The Morgan fingerprint density at radius 1 is 1.21 bits per heavy atom. The zero-order valence-electron chi connectivity index (χ0n) is 17.9. The van der Waals surface area contributed by atoms with Crippen LogP contribution in [-0.4, -0.2) is 51.8 Å². The van der Waals surface area contributed by atoms with Gasteiger partial charge in [-0.15, -0.1) is 0 Å². The van der Waals surface area contributed by atoms with Crippen LogP contribution >= 0.6 is 0 Å². The molecule has 29 heavy (non-hydrogen) atoms. The second kappa shape index (κ2) is 7.82. The molecule has 2 aromatic carbocycles. The Balaban J connectivity index is 1.65. The van der Waals surface area contributed by atoms with Crippen molar-refractivity contribution in [3.63, 3.8) is 0 Å². The number of ether oxygens (including phenoxy) is 2. The van der Waals surface area contributed by atoms with Crippen LogP contribution in [0, 0.1) is 6.92 Å². The third kappa shape index (κ3) is 3.98.